The number of phosphoric acid groups is 2. The molecule has 0 amide bonds. The van der Waals surface area contributed by atoms with Crippen LogP contribution >= 0.6 is 15.6 Å². The molecule has 24 heteroatoms. The monoisotopic (exact) mass is 617 g/mol. The Hall–Kier alpha value is -2.69. The number of fused-ring (bicyclic) bond motifs is 1. The second-order valence-corrected chi connectivity index (χ2v) is 10.9. The Morgan fingerprint density at radius 2 is 1.85 bits per heavy atom. The third kappa shape index (κ3) is 6.95. The number of nitrogens with two attached hydrogens (primary N) is 1. The van der Waals surface area contributed by atoms with Gasteiger partial charge in [0.2, 0.25) is 5.95 Å². The maximum absolute atomic E-state index is 12.0. The molecule has 0 bridgehead atoms. The van der Waals surface area contributed by atoms with E-state index in [0.717, 1.165) is 10.9 Å². The van der Waals surface area contributed by atoms with Crippen molar-refractivity contribution in [1.29, 1.82) is 0 Å². The molecule has 2 unspecified atom stereocenters. The fourth-order valence-electron chi connectivity index (χ4n) is 3.33. The maximum Gasteiger partial charge on any atom is 0.343 e. The standard InChI is InChI=1S/C16H23N5O17P2/c17-16-19-12-6(13(29)20-16)18-3-21(12)14-10(27)8(25)5(36-14)2-35-39(31,32)38-40(33,34)37-15(30)11(28)9(26)7(24)4(23)1-22/h1,3-5,7-11,14,23-28H,2H2,(H,31,32)(H,33,34)(H3,17,19,20,29)/p-2/t4-,5+,7-,8+,9+,10+,11-,14+/m0/s1. The minimum absolute atomic E-state index is 0.175. The number of nitrogens with zero attached hydrogens (tertiary/aromatic N) is 3. The summed E-state index contributed by atoms with van der Waals surface area (Å²) in [5.74, 6) is -2.60. The van der Waals surface area contributed by atoms with Gasteiger partial charge in [-0.1, -0.05) is 0 Å². The number of rotatable bonds is 12. The lowest BCUT2D eigenvalue weighted by molar-refractivity contribution is -0.245. The first-order valence-electron chi connectivity index (χ1n) is 10.6. The molecule has 1 saturated heterocycles. The van der Waals surface area contributed by atoms with Crippen LogP contribution in [0, 0.1) is 0 Å². The Bertz CT molecular complexity index is 1400. The van der Waals surface area contributed by atoms with Crippen LogP contribution in [0.25, 0.3) is 11.2 Å². The molecule has 2 aromatic heterocycles. The van der Waals surface area contributed by atoms with Crippen molar-refractivity contribution in [3.63, 3.8) is 0 Å². The van der Waals surface area contributed by atoms with Crippen LogP contribution in [-0.4, -0.2) is 112 Å². The zero-order chi connectivity index (χ0) is 30.2. The van der Waals surface area contributed by atoms with E-state index in [1.54, 1.807) is 0 Å². The lowest BCUT2D eigenvalue weighted by Gasteiger charge is -2.31. The Labute approximate surface area is 220 Å². The Balaban J connectivity index is 1.63. The Morgan fingerprint density at radius 1 is 1.20 bits per heavy atom. The summed E-state index contributed by atoms with van der Waals surface area (Å²) in [6.07, 6.45) is -16.4. The van der Waals surface area contributed by atoms with Crippen LogP contribution in [0.2, 0.25) is 0 Å². The number of nitrogens with one attached hydrogen (secondary N) is 1. The molecule has 0 spiro atoms. The van der Waals surface area contributed by atoms with E-state index >= 15 is 0 Å². The second kappa shape index (κ2) is 12.0. The molecule has 22 nitrogen and oxygen atoms in total. The third-order valence-corrected chi connectivity index (χ3v) is 7.73. The Morgan fingerprint density at radius 3 is 2.48 bits per heavy atom. The molecule has 0 saturated carbocycles. The topological polar surface area (TPSA) is 362 Å². The first kappa shape index (κ1) is 31.8. The zero-order valence-corrected chi connectivity index (χ0v) is 21.3. The van der Waals surface area contributed by atoms with Gasteiger partial charge >= 0.3 is 13.8 Å². The fraction of sp³-hybridized carbons (Fsp3) is 0.562. The van der Waals surface area contributed by atoms with Crippen molar-refractivity contribution in [2.45, 2.75) is 49.0 Å². The number of H-pyrrole nitrogens is 1. The number of hydrogen-bond acceptors (Lipinski definition) is 20. The van der Waals surface area contributed by atoms with Crippen LogP contribution in [0.4, 0.5) is 5.95 Å². The van der Waals surface area contributed by atoms with Gasteiger partial charge in [-0.05, 0) is 0 Å². The number of carbonyl (C=O) groups excluding carboxylic acids is 2. The number of imidazole rings is 1. The summed E-state index contributed by atoms with van der Waals surface area (Å²) in [6.45, 7) is -1.18. The number of aromatic nitrogens is 4. The molecule has 0 aromatic carbocycles. The van der Waals surface area contributed by atoms with Gasteiger partial charge in [-0.25, -0.2) is 14.1 Å². The van der Waals surface area contributed by atoms with Crippen LogP contribution in [0.1, 0.15) is 6.23 Å². The minimum atomic E-state index is -6.20. The number of carbonyl (C=O) groups is 2. The summed E-state index contributed by atoms with van der Waals surface area (Å²) in [7, 11) is -12.1. The van der Waals surface area contributed by atoms with E-state index in [4.69, 9.17) is 15.6 Å². The molecule has 3 heterocycles. The number of aliphatic hydroxyl groups is 6. The highest BCUT2D eigenvalue weighted by atomic mass is 31.3. The van der Waals surface area contributed by atoms with Crippen molar-refractivity contribution in [2.24, 2.45) is 0 Å². The minimum Gasteiger partial charge on any atom is -0.756 e. The molecule has 1 aliphatic heterocycles. The number of aldehydes is 1. The molecule has 2 aromatic rings. The van der Waals surface area contributed by atoms with Gasteiger partial charge in [0.1, 0.15) is 36.6 Å². The van der Waals surface area contributed by atoms with E-state index in [0.29, 0.717) is 0 Å². The highest BCUT2D eigenvalue weighted by molar-refractivity contribution is 7.60. The van der Waals surface area contributed by atoms with Crippen LogP contribution in [0.15, 0.2) is 11.1 Å². The molecule has 1 fully saturated rings. The van der Waals surface area contributed by atoms with Gasteiger partial charge in [0.15, 0.2) is 29.8 Å². The summed E-state index contributed by atoms with van der Waals surface area (Å²) in [6, 6.07) is 0. The summed E-state index contributed by atoms with van der Waals surface area (Å²) >= 11 is 0. The summed E-state index contributed by atoms with van der Waals surface area (Å²) < 4.78 is 41.8. The van der Waals surface area contributed by atoms with Crippen molar-refractivity contribution in [1.82, 2.24) is 19.5 Å². The number of aliphatic hydroxyl groups excluding tert-OH is 6. The SMILES string of the molecule is Nc1nc2c(ncn2[C@@H]2O[C@H](COP(=O)([O-])OP(=O)([O-])OC(=O)[C@@H](O)[C@H](O)[C@@H](O)[C@@H](O)C=O)[C@@H](O)[C@H]2O)c(=O)[nH]1. The van der Waals surface area contributed by atoms with E-state index in [1.165, 1.54) is 0 Å². The highest BCUT2D eigenvalue weighted by Gasteiger charge is 2.45. The van der Waals surface area contributed by atoms with Gasteiger partial charge in [-0.2, -0.15) is 4.98 Å². The number of phosphoric ester groups is 2. The zero-order valence-electron chi connectivity index (χ0n) is 19.5. The predicted molar refractivity (Wildman–Crippen MR) is 117 cm³/mol. The molecular weight excluding hydrogens is 596 g/mol. The first-order chi connectivity index (χ1) is 18.5. The summed E-state index contributed by atoms with van der Waals surface area (Å²) in [5.41, 5.74) is 4.35. The molecule has 3 rings (SSSR count). The van der Waals surface area contributed by atoms with Crippen molar-refractivity contribution in [2.75, 3.05) is 12.3 Å². The first-order valence-corrected chi connectivity index (χ1v) is 13.5. The fourth-order valence-corrected chi connectivity index (χ4v) is 5.29. The summed E-state index contributed by atoms with van der Waals surface area (Å²) in [4.78, 5) is 67.7. The predicted octanol–water partition coefficient (Wildman–Crippen LogP) is -6.52. The maximum atomic E-state index is 12.0. The van der Waals surface area contributed by atoms with E-state index in [2.05, 4.69) is 28.3 Å². The summed E-state index contributed by atoms with van der Waals surface area (Å²) in [5, 5.41) is 58.1. The van der Waals surface area contributed by atoms with Crippen molar-refractivity contribution < 1.29 is 77.2 Å². The van der Waals surface area contributed by atoms with Crippen LogP contribution in [-0.2, 0) is 36.8 Å². The van der Waals surface area contributed by atoms with Crippen LogP contribution in [0.3, 0.4) is 0 Å². The average Bonchev–Trinajstić information content (AvgIpc) is 3.40. The molecule has 1 aliphatic rings. The Kier molecular flexibility index (Phi) is 9.58. The molecule has 10 atom stereocenters. The molecule has 0 aliphatic carbocycles. The molecule has 9 N–H and O–H groups in total. The normalized spacial score (nSPS) is 27.3. The van der Waals surface area contributed by atoms with Crippen molar-refractivity contribution in [3.05, 3.63) is 16.7 Å². The molecule has 224 valence electrons. The lowest BCUT2D eigenvalue weighted by atomic mass is 10.0. The number of aromatic amines is 1. The number of ether oxygens (including phenoxy) is 1. The van der Waals surface area contributed by atoms with Gasteiger partial charge < -0.3 is 64.7 Å². The lowest BCUT2D eigenvalue weighted by Crippen LogP contribution is -2.48. The second-order valence-electron chi connectivity index (χ2n) is 8.06. The van der Waals surface area contributed by atoms with Crippen LogP contribution in [0.5, 0.6) is 0 Å². The molecule has 0 radical (unpaired) electrons. The van der Waals surface area contributed by atoms with E-state index in [9.17, 15) is 58.8 Å². The number of hydrogen-bond donors (Lipinski definition) is 8. The average molecular weight is 617 g/mol. The quantitative estimate of drug-likeness (QED) is 0.0810. The number of anilines is 1. The van der Waals surface area contributed by atoms with Gasteiger partial charge in [-0.3, -0.25) is 23.5 Å². The highest BCUT2D eigenvalue weighted by Crippen LogP contribution is 2.56. The smallest absolute Gasteiger partial charge is 0.343 e. The molecule has 40 heavy (non-hydrogen) atoms. The van der Waals surface area contributed by atoms with Gasteiger partial charge in [0, 0.05) is 0 Å². The van der Waals surface area contributed by atoms with Gasteiger partial charge in [0.25, 0.3) is 13.4 Å². The van der Waals surface area contributed by atoms with Crippen LogP contribution < -0.4 is 21.1 Å². The van der Waals surface area contributed by atoms with Gasteiger partial charge in [0.05, 0.1) is 12.9 Å². The van der Waals surface area contributed by atoms with E-state index < -0.39 is 82.7 Å². The number of nitrogen functional groups attached to an aromatic ring is 1. The third-order valence-electron chi connectivity index (χ3n) is 5.26. The molecular formula is C16H21N5O17P2-2. The van der Waals surface area contributed by atoms with E-state index in [-0.39, 0.29) is 23.4 Å². The largest absolute Gasteiger partial charge is 0.756 e. The van der Waals surface area contributed by atoms with Crippen molar-refractivity contribution >= 4 is 45.0 Å². The van der Waals surface area contributed by atoms with Gasteiger partial charge in [-0.15, -0.1) is 0 Å². The van der Waals surface area contributed by atoms with E-state index in [1.807, 2.05) is 0 Å². The van der Waals surface area contributed by atoms with Crippen molar-refractivity contribution in [3.8, 4) is 0 Å².